The predicted octanol–water partition coefficient (Wildman–Crippen LogP) is 0.881. The van der Waals surface area contributed by atoms with Crippen LogP contribution >= 0.6 is 0 Å². The van der Waals surface area contributed by atoms with Crippen molar-refractivity contribution in [3.8, 4) is 0 Å². The second-order valence-corrected chi connectivity index (χ2v) is 3.76. The van der Waals surface area contributed by atoms with Crippen molar-refractivity contribution in [1.29, 1.82) is 0 Å². The van der Waals surface area contributed by atoms with Gasteiger partial charge in [0.05, 0.1) is 0 Å². The van der Waals surface area contributed by atoms with Gasteiger partial charge < -0.3 is 10.4 Å². The van der Waals surface area contributed by atoms with Crippen LogP contribution in [0.4, 0.5) is 13.2 Å². The van der Waals surface area contributed by atoms with Crippen molar-refractivity contribution in [2.24, 2.45) is 0 Å². The topological polar surface area (TPSA) is 84.2 Å². The summed E-state index contributed by atoms with van der Waals surface area (Å²) in [5, 5.41) is 14.1. The lowest BCUT2D eigenvalue weighted by Gasteiger charge is -2.12. The normalized spacial score (nSPS) is 13.1. The molecule has 1 heterocycles. The van der Waals surface area contributed by atoms with Crippen LogP contribution in [-0.2, 0) is 22.3 Å². The van der Waals surface area contributed by atoms with Gasteiger partial charge >= 0.3 is 12.1 Å². The molecule has 0 saturated heterocycles. The van der Waals surface area contributed by atoms with Gasteiger partial charge in [-0.25, -0.2) is 4.79 Å². The van der Waals surface area contributed by atoms with E-state index in [9.17, 15) is 22.8 Å². The Hall–Kier alpha value is -2.06. The number of carbonyl (C=O) groups is 2. The summed E-state index contributed by atoms with van der Waals surface area (Å²) in [6, 6.07) is -0.327. The van der Waals surface area contributed by atoms with Crippen molar-refractivity contribution < 1.29 is 27.9 Å². The summed E-state index contributed by atoms with van der Waals surface area (Å²) in [5.74, 6) is -1.92. The highest BCUT2D eigenvalue weighted by Crippen LogP contribution is 2.27. The quantitative estimate of drug-likeness (QED) is 0.838. The Bertz CT molecular complexity index is 470. The number of alkyl halides is 3. The Labute approximate surface area is 106 Å². The molecular formula is C10H12F3N3O3. The van der Waals surface area contributed by atoms with Gasteiger partial charge in [0, 0.05) is 6.20 Å². The third-order valence-electron chi connectivity index (χ3n) is 2.28. The van der Waals surface area contributed by atoms with E-state index in [1.807, 2.05) is 0 Å². The van der Waals surface area contributed by atoms with E-state index in [1.165, 1.54) is 0 Å². The fraction of sp³-hybridized carbons (Fsp3) is 0.500. The molecule has 1 rings (SSSR count). The molecule has 0 aliphatic carbocycles. The van der Waals surface area contributed by atoms with Crippen LogP contribution in [0.25, 0.3) is 0 Å². The van der Waals surface area contributed by atoms with E-state index in [2.05, 4.69) is 10.4 Å². The van der Waals surface area contributed by atoms with Gasteiger partial charge in [0.1, 0.15) is 12.6 Å². The summed E-state index contributed by atoms with van der Waals surface area (Å²) >= 11 is 0. The molecule has 106 valence electrons. The number of carbonyl (C=O) groups excluding carboxylic acids is 1. The summed E-state index contributed by atoms with van der Waals surface area (Å²) in [6.45, 7) is 1.09. The van der Waals surface area contributed by atoms with E-state index >= 15 is 0 Å². The molecule has 1 unspecified atom stereocenters. The number of carboxylic acids is 1. The molecule has 0 aliphatic heterocycles. The summed E-state index contributed by atoms with van der Waals surface area (Å²) in [4.78, 5) is 22.1. The number of carboxylic acid groups (broad SMARTS) is 1. The minimum Gasteiger partial charge on any atom is -0.480 e. The highest BCUT2D eigenvalue weighted by atomic mass is 19.4. The van der Waals surface area contributed by atoms with Gasteiger partial charge in [0.25, 0.3) is 0 Å². The maximum atomic E-state index is 12.3. The van der Waals surface area contributed by atoms with E-state index in [1.54, 1.807) is 6.92 Å². The van der Waals surface area contributed by atoms with Gasteiger partial charge in [-0.15, -0.1) is 0 Å². The Balaban J connectivity index is 2.62. The third kappa shape index (κ3) is 4.27. The molecule has 1 amide bonds. The lowest BCUT2D eigenvalue weighted by atomic mass is 10.2. The number of amides is 1. The number of aliphatic carboxylic acids is 1. The average molecular weight is 279 g/mol. The molecule has 0 radical (unpaired) electrons. The van der Waals surface area contributed by atoms with Crippen LogP contribution in [0.5, 0.6) is 0 Å². The molecule has 0 fully saturated rings. The van der Waals surface area contributed by atoms with Crippen LogP contribution in [0.3, 0.4) is 0 Å². The zero-order chi connectivity index (χ0) is 14.6. The standard InChI is InChI=1S/C10H12F3N3O3/c1-2-6(9(18)19)14-8(17)5-16-4-3-7(15-16)10(11,12)13/h3-4,6H,2,5H2,1H3,(H,14,17)(H,18,19). The molecule has 0 aromatic carbocycles. The fourth-order valence-corrected chi connectivity index (χ4v) is 1.33. The van der Waals surface area contributed by atoms with Crippen molar-refractivity contribution in [3.05, 3.63) is 18.0 Å². The van der Waals surface area contributed by atoms with E-state index in [0.29, 0.717) is 0 Å². The number of rotatable bonds is 5. The number of hydrogen-bond acceptors (Lipinski definition) is 3. The summed E-state index contributed by atoms with van der Waals surface area (Å²) < 4.78 is 37.6. The summed E-state index contributed by atoms with van der Waals surface area (Å²) in [7, 11) is 0. The minimum absolute atomic E-state index is 0.175. The maximum absolute atomic E-state index is 12.3. The molecular weight excluding hydrogens is 267 g/mol. The van der Waals surface area contributed by atoms with Crippen molar-refractivity contribution in [2.75, 3.05) is 0 Å². The van der Waals surface area contributed by atoms with Gasteiger partial charge in [-0.1, -0.05) is 6.92 Å². The second-order valence-electron chi connectivity index (χ2n) is 3.76. The molecule has 6 nitrogen and oxygen atoms in total. The highest BCUT2D eigenvalue weighted by molar-refractivity contribution is 5.83. The minimum atomic E-state index is -4.57. The monoisotopic (exact) mass is 279 g/mol. The van der Waals surface area contributed by atoms with Crippen molar-refractivity contribution in [3.63, 3.8) is 0 Å². The van der Waals surface area contributed by atoms with E-state index in [0.717, 1.165) is 16.9 Å². The number of hydrogen-bond donors (Lipinski definition) is 2. The van der Waals surface area contributed by atoms with Crippen LogP contribution < -0.4 is 5.32 Å². The molecule has 19 heavy (non-hydrogen) atoms. The van der Waals surface area contributed by atoms with E-state index in [4.69, 9.17) is 5.11 Å². The number of nitrogens with zero attached hydrogens (tertiary/aromatic N) is 2. The van der Waals surface area contributed by atoms with Crippen LogP contribution in [-0.4, -0.2) is 32.8 Å². The first-order valence-corrected chi connectivity index (χ1v) is 5.37. The van der Waals surface area contributed by atoms with Crippen LogP contribution in [0, 0.1) is 0 Å². The highest BCUT2D eigenvalue weighted by Gasteiger charge is 2.33. The Morgan fingerprint density at radius 1 is 1.53 bits per heavy atom. The van der Waals surface area contributed by atoms with E-state index < -0.39 is 36.3 Å². The Morgan fingerprint density at radius 3 is 2.58 bits per heavy atom. The van der Waals surface area contributed by atoms with Gasteiger partial charge in [0.2, 0.25) is 5.91 Å². The molecule has 1 aromatic rings. The average Bonchev–Trinajstić information content (AvgIpc) is 2.73. The number of nitrogens with one attached hydrogen (secondary N) is 1. The molecule has 9 heteroatoms. The SMILES string of the molecule is CCC(NC(=O)Cn1ccc(C(F)(F)F)n1)C(=O)O. The molecule has 0 spiro atoms. The smallest absolute Gasteiger partial charge is 0.435 e. The van der Waals surface area contributed by atoms with Crippen LogP contribution in [0.1, 0.15) is 19.0 Å². The van der Waals surface area contributed by atoms with Crippen LogP contribution in [0.15, 0.2) is 12.3 Å². The van der Waals surface area contributed by atoms with Crippen molar-refractivity contribution in [1.82, 2.24) is 15.1 Å². The Morgan fingerprint density at radius 2 is 2.16 bits per heavy atom. The van der Waals surface area contributed by atoms with Gasteiger partial charge in [-0.3, -0.25) is 9.48 Å². The predicted molar refractivity (Wildman–Crippen MR) is 57.1 cm³/mol. The zero-order valence-electron chi connectivity index (χ0n) is 9.94. The third-order valence-corrected chi connectivity index (χ3v) is 2.28. The van der Waals surface area contributed by atoms with Crippen molar-refractivity contribution in [2.45, 2.75) is 32.1 Å². The Kier molecular flexibility index (Phi) is 4.52. The van der Waals surface area contributed by atoms with Crippen molar-refractivity contribution >= 4 is 11.9 Å². The number of aromatic nitrogens is 2. The lowest BCUT2D eigenvalue weighted by molar-refractivity contribution is -0.142. The summed E-state index contributed by atoms with van der Waals surface area (Å²) in [5.41, 5.74) is -1.11. The second kappa shape index (κ2) is 5.72. The molecule has 0 saturated carbocycles. The first-order chi connectivity index (χ1) is 8.74. The fourth-order valence-electron chi connectivity index (χ4n) is 1.33. The molecule has 0 bridgehead atoms. The van der Waals surface area contributed by atoms with E-state index in [-0.39, 0.29) is 6.42 Å². The largest absolute Gasteiger partial charge is 0.480 e. The molecule has 0 aliphatic rings. The molecule has 1 atom stereocenters. The maximum Gasteiger partial charge on any atom is 0.435 e. The number of halogens is 3. The van der Waals surface area contributed by atoms with Gasteiger partial charge in [-0.05, 0) is 12.5 Å². The lowest BCUT2D eigenvalue weighted by Crippen LogP contribution is -2.41. The molecule has 1 aromatic heterocycles. The summed E-state index contributed by atoms with van der Waals surface area (Å²) in [6.07, 6.45) is -3.40. The van der Waals surface area contributed by atoms with Crippen LogP contribution in [0.2, 0.25) is 0 Å². The van der Waals surface area contributed by atoms with Gasteiger partial charge in [-0.2, -0.15) is 18.3 Å². The molecule has 2 N–H and O–H groups in total. The zero-order valence-corrected chi connectivity index (χ0v) is 9.94. The van der Waals surface area contributed by atoms with Gasteiger partial charge in [0.15, 0.2) is 5.69 Å². The first-order valence-electron chi connectivity index (χ1n) is 5.37. The first kappa shape index (κ1) is 15.0.